The van der Waals surface area contributed by atoms with Gasteiger partial charge in [-0.25, -0.2) is 0 Å². The summed E-state index contributed by atoms with van der Waals surface area (Å²) in [6, 6.07) is 74.1. The van der Waals surface area contributed by atoms with Gasteiger partial charge >= 0.3 is 0 Å². The van der Waals surface area contributed by atoms with Gasteiger partial charge in [-0.2, -0.15) is 0 Å². The van der Waals surface area contributed by atoms with Gasteiger partial charge in [0.05, 0.1) is 0 Å². The first-order valence-electron chi connectivity index (χ1n) is 15.6. The Labute approximate surface area is 274 Å². The zero-order chi connectivity index (χ0) is 31.0. The van der Waals surface area contributed by atoms with Crippen molar-refractivity contribution in [1.82, 2.24) is 0 Å². The van der Waals surface area contributed by atoms with Gasteiger partial charge in [-0.3, -0.25) is 0 Å². The van der Waals surface area contributed by atoms with Crippen molar-refractivity contribution in [3.63, 3.8) is 0 Å². The molecule has 46 heavy (non-hydrogen) atoms. The van der Waals surface area contributed by atoms with Crippen molar-refractivity contribution >= 4 is 69.2 Å². The Morgan fingerprint density at radius 3 is 0.804 bits per heavy atom. The highest BCUT2D eigenvalue weighted by atomic mass is 31.1. The zero-order valence-corrected chi connectivity index (χ0v) is 27.3. The summed E-state index contributed by atoms with van der Waals surface area (Å²) in [6.07, 6.45) is 0. The van der Waals surface area contributed by atoms with E-state index >= 15 is 0 Å². The maximum absolute atomic E-state index is 2.29. The lowest BCUT2D eigenvalue weighted by Gasteiger charge is -2.21. The molecule has 0 N–H and O–H groups in total. The Morgan fingerprint density at radius 2 is 0.478 bits per heavy atom. The summed E-state index contributed by atoms with van der Waals surface area (Å²) in [6.45, 7) is 0. The summed E-state index contributed by atoms with van der Waals surface area (Å²) in [7, 11) is -1.09. The summed E-state index contributed by atoms with van der Waals surface area (Å²) in [5.41, 5.74) is 0. The average Bonchev–Trinajstić information content (AvgIpc) is 3.14. The van der Waals surface area contributed by atoms with Crippen LogP contribution in [0, 0.1) is 0 Å². The Kier molecular flexibility index (Phi) is 9.40. The molecule has 0 saturated heterocycles. The Hall–Kier alpha value is -4.86. The fourth-order valence-electron chi connectivity index (χ4n) is 5.97. The average molecular weight is 625 g/mol. The quantitative estimate of drug-likeness (QED) is 0.162. The van der Waals surface area contributed by atoms with Crippen molar-refractivity contribution in [3.8, 4) is 0 Å². The molecule has 8 aromatic carbocycles. The Morgan fingerprint density at radius 1 is 0.217 bits per heavy atom. The second kappa shape index (κ2) is 14.5. The number of rotatable bonds is 6. The number of hydrogen-bond donors (Lipinski definition) is 0. The van der Waals surface area contributed by atoms with Gasteiger partial charge in [0.2, 0.25) is 0 Å². The SMILES string of the molecule is c1ccc(P(c2ccccc2)c2cccc3ccccc23)cc1.c1ccc(P(c2ccccc2)c2cccc3ccccc23)cc1. The third-order valence-electron chi connectivity index (χ3n) is 8.07. The maximum Gasteiger partial charge on any atom is -0.00726 e. The highest BCUT2D eigenvalue weighted by molar-refractivity contribution is 7.80. The summed E-state index contributed by atoms with van der Waals surface area (Å²) < 4.78 is 0. The van der Waals surface area contributed by atoms with Gasteiger partial charge in [0.1, 0.15) is 0 Å². The predicted molar refractivity (Wildman–Crippen MR) is 205 cm³/mol. The molecule has 8 aromatic rings. The van der Waals surface area contributed by atoms with Crippen LogP contribution in [-0.2, 0) is 0 Å². The van der Waals surface area contributed by atoms with E-state index in [0.29, 0.717) is 0 Å². The molecular weight excluding hydrogens is 590 g/mol. The van der Waals surface area contributed by atoms with Crippen LogP contribution in [0.3, 0.4) is 0 Å². The molecule has 0 amide bonds. The van der Waals surface area contributed by atoms with Crippen LogP contribution >= 0.6 is 15.8 Å². The minimum Gasteiger partial charge on any atom is -0.0622 e. The molecule has 0 unspecified atom stereocenters. The summed E-state index contributed by atoms with van der Waals surface area (Å²) in [5, 5.41) is 13.8. The van der Waals surface area contributed by atoms with Crippen molar-refractivity contribution in [1.29, 1.82) is 0 Å². The minimum atomic E-state index is -0.546. The first-order chi connectivity index (χ1) is 22.9. The second-order valence-electron chi connectivity index (χ2n) is 11.0. The molecule has 0 aliphatic carbocycles. The van der Waals surface area contributed by atoms with Gasteiger partial charge in [0, 0.05) is 0 Å². The summed E-state index contributed by atoms with van der Waals surface area (Å²) >= 11 is 0. The molecule has 0 spiro atoms. The van der Waals surface area contributed by atoms with Gasteiger partial charge in [-0.15, -0.1) is 0 Å². The van der Waals surface area contributed by atoms with Crippen LogP contribution in [0.15, 0.2) is 206 Å². The van der Waals surface area contributed by atoms with E-state index in [1.54, 1.807) is 0 Å². The molecule has 0 fully saturated rings. The molecule has 2 heteroatoms. The van der Waals surface area contributed by atoms with Crippen LogP contribution < -0.4 is 31.8 Å². The van der Waals surface area contributed by atoms with E-state index in [1.165, 1.54) is 53.4 Å². The fraction of sp³-hybridized carbons (Fsp3) is 0. The molecule has 8 rings (SSSR count). The number of benzene rings is 8. The number of hydrogen-bond acceptors (Lipinski definition) is 0. The van der Waals surface area contributed by atoms with Gasteiger partial charge in [0.25, 0.3) is 0 Å². The van der Waals surface area contributed by atoms with Crippen LogP contribution in [0.4, 0.5) is 0 Å². The molecule has 0 atom stereocenters. The van der Waals surface area contributed by atoms with E-state index in [0.717, 1.165) is 0 Å². The zero-order valence-electron chi connectivity index (χ0n) is 25.5. The molecule has 0 saturated carbocycles. The maximum atomic E-state index is 2.29. The molecule has 0 nitrogen and oxygen atoms in total. The standard InChI is InChI=1S/2C22H17P/c2*1-3-12-19(13-4-1)23(20-14-5-2-6-15-20)22-17-9-11-18-10-7-8-16-21(18)22/h2*1-17H. The van der Waals surface area contributed by atoms with E-state index in [9.17, 15) is 0 Å². The largest absolute Gasteiger partial charge is 0.0622 e. The monoisotopic (exact) mass is 624 g/mol. The van der Waals surface area contributed by atoms with Crippen LogP contribution in [0.1, 0.15) is 0 Å². The lowest BCUT2D eigenvalue weighted by atomic mass is 10.1. The third kappa shape index (κ3) is 6.56. The highest BCUT2D eigenvalue weighted by Crippen LogP contribution is 2.36. The lowest BCUT2D eigenvalue weighted by Crippen LogP contribution is -2.21. The summed E-state index contributed by atoms with van der Waals surface area (Å²) in [5.74, 6) is 0. The van der Waals surface area contributed by atoms with Crippen LogP contribution in [0.2, 0.25) is 0 Å². The van der Waals surface area contributed by atoms with E-state index in [1.807, 2.05) is 0 Å². The van der Waals surface area contributed by atoms with Gasteiger partial charge in [-0.1, -0.05) is 206 Å². The summed E-state index contributed by atoms with van der Waals surface area (Å²) in [4.78, 5) is 0. The fourth-order valence-corrected chi connectivity index (χ4v) is 10.9. The molecular formula is C44H34P2. The normalized spacial score (nSPS) is 11.0. The van der Waals surface area contributed by atoms with Crippen molar-refractivity contribution in [2.45, 2.75) is 0 Å². The van der Waals surface area contributed by atoms with Crippen molar-refractivity contribution in [2.24, 2.45) is 0 Å². The molecule has 0 aromatic heterocycles. The molecule has 0 aliphatic heterocycles. The topological polar surface area (TPSA) is 0 Å². The lowest BCUT2D eigenvalue weighted by molar-refractivity contribution is 1.74. The minimum absolute atomic E-state index is 0.546. The van der Waals surface area contributed by atoms with Crippen molar-refractivity contribution in [3.05, 3.63) is 206 Å². The van der Waals surface area contributed by atoms with E-state index in [4.69, 9.17) is 0 Å². The smallest absolute Gasteiger partial charge is 0.00726 e. The first-order valence-corrected chi connectivity index (χ1v) is 18.3. The van der Waals surface area contributed by atoms with E-state index in [-0.39, 0.29) is 0 Å². The Balaban J connectivity index is 0.000000147. The molecule has 0 heterocycles. The molecule has 220 valence electrons. The molecule has 0 radical (unpaired) electrons. The third-order valence-corrected chi connectivity index (χ3v) is 13.1. The second-order valence-corrected chi connectivity index (χ2v) is 15.4. The highest BCUT2D eigenvalue weighted by Gasteiger charge is 2.19. The Bertz CT molecular complexity index is 1900. The van der Waals surface area contributed by atoms with Crippen molar-refractivity contribution < 1.29 is 0 Å². The van der Waals surface area contributed by atoms with Crippen LogP contribution in [0.5, 0.6) is 0 Å². The van der Waals surface area contributed by atoms with E-state index in [2.05, 4.69) is 206 Å². The van der Waals surface area contributed by atoms with Gasteiger partial charge in [0.15, 0.2) is 0 Å². The van der Waals surface area contributed by atoms with Gasteiger partial charge in [-0.05, 0) is 69.2 Å². The van der Waals surface area contributed by atoms with Crippen molar-refractivity contribution in [2.75, 3.05) is 0 Å². The molecule has 0 bridgehead atoms. The number of fused-ring (bicyclic) bond motifs is 2. The first kappa shape index (κ1) is 29.8. The van der Waals surface area contributed by atoms with Gasteiger partial charge < -0.3 is 0 Å². The molecule has 0 aliphatic rings. The van der Waals surface area contributed by atoms with Crippen LogP contribution in [0.25, 0.3) is 21.5 Å². The van der Waals surface area contributed by atoms with E-state index < -0.39 is 15.8 Å². The predicted octanol–water partition coefficient (Wildman–Crippen LogP) is 9.20. The van der Waals surface area contributed by atoms with Crippen LogP contribution in [-0.4, -0.2) is 0 Å².